The maximum atomic E-state index is 6.36. The molecule has 108 valence electrons. The lowest BCUT2D eigenvalue weighted by atomic mass is 10.0. The van der Waals surface area contributed by atoms with E-state index in [0.29, 0.717) is 0 Å². The van der Waals surface area contributed by atoms with Crippen LogP contribution >= 0.6 is 0 Å². The van der Waals surface area contributed by atoms with Crippen molar-refractivity contribution in [2.24, 2.45) is 11.7 Å². The van der Waals surface area contributed by atoms with Crippen molar-refractivity contribution in [1.82, 2.24) is 4.90 Å². The van der Waals surface area contributed by atoms with Crippen molar-refractivity contribution in [1.29, 1.82) is 0 Å². The minimum Gasteiger partial charge on any atom is -0.323 e. The average molecular weight is 270 g/mol. The summed E-state index contributed by atoms with van der Waals surface area (Å²) in [6.45, 7) is 6.54. The lowest BCUT2D eigenvalue weighted by Crippen LogP contribution is -2.32. The van der Waals surface area contributed by atoms with E-state index in [9.17, 15) is 0 Å². The van der Waals surface area contributed by atoms with Crippen LogP contribution in [0.1, 0.15) is 31.9 Å². The van der Waals surface area contributed by atoms with Gasteiger partial charge in [0.2, 0.25) is 0 Å². The van der Waals surface area contributed by atoms with Gasteiger partial charge in [0.25, 0.3) is 0 Å². The van der Waals surface area contributed by atoms with Crippen LogP contribution in [-0.2, 0) is 0 Å². The highest BCUT2D eigenvalue weighted by Gasteiger charge is 2.11. The number of nitrogens with two attached hydrogens (primary N) is 1. The van der Waals surface area contributed by atoms with E-state index in [1.165, 1.54) is 22.8 Å². The van der Waals surface area contributed by atoms with Crippen molar-refractivity contribution in [3.8, 4) is 0 Å². The molecule has 0 radical (unpaired) electrons. The number of hydrogen-bond acceptors (Lipinski definition) is 2. The minimum atomic E-state index is 0.0775. The molecule has 2 heteroatoms. The Morgan fingerprint density at radius 3 is 2.45 bits per heavy atom. The molecule has 2 atom stereocenters. The van der Waals surface area contributed by atoms with Gasteiger partial charge in [0.15, 0.2) is 0 Å². The van der Waals surface area contributed by atoms with Crippen molar-refractivity contribution in [2.75, 3.05) is 20.1 Å². The van der Waals surface area contributed by atoms with Crippen molar-refractivity contribution in [3.05, 3.63) is 48.0 Å². The van der Waals surface area contributed by atoms with Gasteiger partial charge < -0.3 is 10.6 Å². The van der Waals surface area contributed by atoms with E-state index < -0.39 is 0 Å². The standard InChI is InChI=1S/C18H26N2/c1-4-14(2)12-20(3)13-18(19)17-10-9-15-7-5-6-8-16(15)11-17/h5-11,14,18H,4,12-13,19H2,1-3H3. The molecule has 0 bridgehead atoms. The highest BCUT2D eigenvalue weighted by atomic mass is 15.1. The molecule has 2 aromatic carbocycles. The third-order valence-electron chi connectivity index (χ3n) is 4.03. The summed E-state index contributed by atoms with van der Waals surface area (Å²) in [5.41, 5.74) is 7.58. The molecule has 2 nitrogen and oxygen atoms in total. The Bertz CT molecular complexity index is 550. The van der Waals surface area contributed by atoms with Crippen LogP contribution in [0.2, 0.25) is 0 Å². The average Bonchev–Trinajstić information content (AvgIpc) is 2.46. The molecule has 0 aliphatic heterocycles. The lowest BCUT2D eigenvalue weighted by molar-refractivity contribution is 0.267. The maximum absolute atomic E-state index is 6.36. The molecule has 0 saturated carbocycles. The minimum absolute atomic E-state index is 0.0775. The monoisotopic (exact) mass is 270 g/mol. The van der Waals surface area contributed by atoms with Gasteiger partial charge in [0.05, 0.1) is 0 Å². The topological polar surface area (TPSA) is 29.3 Å². The Kier molecular flexibility index (Phi) is 5.16. The summed E-state index contributed by atoms with van der Waals surface area (Å²) in [5.74, 6) is 0.726. The van der Waals surface area contributed by atoms with E-state index >= 15 is 0 Å². The number of rotatable bonds is 6. The van der Waals surface area contributed by atoms with Crippen LogP contribution in [0.3, 0.4) is 0 Å². The van der Waals surface area contributed by atoms with Crippen LogP contribution in [0.5, 0.6) is 0 Å². The molecule has 2 N–H and O–H groups in total. The summed E-state index contributed by atoms with van der Waals surface area (Å²) in [5, 5.41) is 2.54. The Labute approximate surface area is 122 Å². The predicted octanol–water partition coefficient (Wildman–Crippen LogP) is 3.82. The third-order valence-corrected chi connectivity index (χ3v) is 4.03. The fourth-order valence-corrected chi connectivity index (χ4v) is 2.62. The third kappa shape index (κ3) is 3.81. The molecule has 2 unspecified atom stereocenters. The van der Waals surface area contributed by atoms with Gasteiger partial charge in [0, 0.05) is 19.1 Å². The summed E-state index contributed by atoms with van der Waals surface area (Å²) < 4.78 is 0. The van der Waals surface area contributed by atoms with Crippen LogP contribution in [-0.4, -0.2) is 25.0 Å². The number of likely N-dealkylation sites (N-methyl/N-ethyl adjacent to an activating group) is 1. The van der Waals surface area contributed by atoms with Crippen molar-refractivity contribution < 1.29 is 0 Å². The number of benzene rings is 2. The molecule has 2 rings (SSSR count). The summed E-state index contributed by atoms with van der Waals surface area (Å²) in [7, 11) is 2.16. The summed E-state index contributed by atoms with van der Waals surface area (Å²) in [6, 6.07) is 15.1. The second-order valence-corrected chi connectivity index (χ2v) is 5.95. The van der Waals surface area contributed by atoms with Crippen molar-refractivity contribution in [2.45, 2.75) is 26.3 Å². The normalized spacial score (nSPS) is 14.7. The van der Waals surface area contributed by atoms with Crippen LogP contribution in [0.15, 0.2) is 42.5 Å². The summed E-state index contributed by atoms with van der Waals surface area (Å²) in [6.07, 6.45) is 1.22. The summed E-state index contributed by atoms with van der Waals surface area (Å²) >= 11 is 0. The Hall–Kier alpha value is -1.38. The van der Waals surface area contributed by atoms with Gasteiger partial charge in [0.1, 0.15) is 0 Å². The van der Waals surface area contributed by atoms with Gasteiger partial charge in [-0.25, -0.2) is 0 Å². The van der Waals surface area contributed by atoms with E-state index in [1.807, 2.05) is 0 Å². The van der Waals surface area contributed by atoms with Crippen LogP contribution < -0.4 is 5.73 Å². The van der Waals surface area contributed by atoms with Gasteiger partial charge in [-0.15, -0.1) is 0 Å². The molecule has 0 amide bonds. The lowest BCUT2D eigenvalue weighted by Gasteiger charge is -2.24. The predicted molar refractivity (Wildman–Crippen MR) is 87.8 cm³/mol. The smallest absolute Gasteiger partial charge is 0.0424 e. The zero-order chi connectivity index (χ0) is 14.5. The van der Waals surface area contributed by atoms with E-state index in [2.05, 4.69) is 68.3 Å². The Morgan fingerprint density at radius 1 is 1.05 bits per heavy atom. The molecule has 0 fully saturated rings. The van der Waals surface area contributed by atoms with Crippen molar-refractivity contribution in [3.63, 3.8) is 0 Å². The van der Waals surface area contributed by atoms with E-state index in [4.69, 9.17) is 5.73 Å². The summed E-state index contributed by atoms with van der Waals surface area (Å²) in [4.78, 5) is 2.34. The first-order chi connectivity index (χ1) is 9.60. The highest BCUT2D eigenvalue weighted by molar-refractivity contribution is 5.83. The number of fused-ring (bicyclic) bond motifs is 1. The van der Waals surface area contributed by atoms with E-state index in [-0.39, 0.29) is 6.04 Å². The maximum Gasteiger partial charge on any atom is 0.0424 e. The fraction of sp³-hybridized carbons (Fsp3) is 0.444. The molecule has 2 aromatic rings. The van der Waals surface area contributed by atoms with Gasteiger partial charge in [-0.05, 0) is 35.4 Å². The first-order valence-electron chi connectivity index (χ1n) is 7.53. The molecule has 0 aliphatic carbocycles. The van der Waals surface area contributed by atoms with Crippen molar-refractivity contribution >= 4 is 10.8 Å². The number of nitrogens with zero attached hydrogens (tertiary/aromatic N) is 1. The molecule has 0 spiro atoms. The molecular formula is C18H26N2. The van der Waals surface area contributed by atoms with Crippen LogP contribution in [0, 0.1) is 5.92 Å². The second-order valence-electron chi connectivity index (χ2n) is 5.95. The zero-order valence-electron chi connectivity index (χ0n) is 12.8. The molecule has 20 heavy (non-hydrogen) atoms. The quantitative estimate of drug-likeness (QED) is 0.864. The van der Waals surface area contributed by atoms with Gasteiger partial charge in [-0.3, -0.25) is 0 Å². The zero-order valence-corrected chi connectivity index (χ0v) is 12.8. The van der Waals surface area contributed by atoms with Gasteiger partial charge in [-0.2, -0.15) is 0 Å². The van der Waals surface area contributed by atoms with Crippen LogP contribution in [0.4, 0.5) is 0 Å². The first-order valence-corrected chi connectivity index (χ1v) is 7.53. The van der Waals surface area contributed by atoms with Crippen LogP contribution in [0.25, 0.3) is 10.8 Å². The van der Waals surface area contributed by atoms with E-state index in [1.54, 1.807) is 0 Å². The molecule has 0 aliphatic rings. The van der Waals surface area contributed by atoms with Gasteiger partial charge in [-0.1, -0.05) is 56.7 Å². The number of hydrogen-bond donors (Lipinski definition) is 1. The molecular weight excluding hydrogens is 244 g/mol. The Morgan fingerprint density at radius 2 is 1.75 bits per heavy atom. The first kappa shape index (κ1) is 15.0. The highest BCUT2D eigenvalue weighted by Crippen LogP contribution is 2.20. The second kappa shape index (κ2) is 6.87. The SMILES string of the molecule is CCC(C)CN(C)CC(N)c1ccc2ccccc2c1. The molecule has 0 heterocycles. The molecule has 0 saturated heterocycles. The fourth-order valence-electron chi connectivity index (χ4n) is 2.62. The largest absolute Gasteiger partial charge is 0.323 e. The molecule has 0 aromatic heterocycles. The Balaban J connectivity index is 2.05. The van der Waals surface area contributed by atoms with Gasteiger partial charge >= 0.3 is 0 Å². The van der Waals surface area contributed by atoms with E-state index in [0.717, 1.165) is 19.0 Å².